The Morgan fingerprint density at radius 1 is 1.45 bits per heavy atom. The van der Waals surface area contributed by atoms with Gasteiger partial charge in [-0.05, 0) is 47.1 Å². The Labute approximate surface area is 129 Å². The Morgan fingerprint density at radius 3 is 2.90 bits per heavy atom. The third kappa shape index (κ3) is 2.44. The van der Waals surface area contributed by atoms with Crippen LogP contribution >= 0.6 is 28.1 Å². The van der Waals surface area contributed by atoms with E-state index in [0.29, 0.717) is 26.7 Å². The molecule has 20 heavy (non-hydrogen) atoms. The summed E-state index contributed by atoms with van der Waals surface area (Å²) in [4.78, 5) is 3.01. The molecule has 3 rings (SSSR count). The molecule has 0 amide bonds. The standard InChI is InChI=1S/C12H12BrFN2O2S2/c13-8-4-10-11(5-9(8)14)16(12(19)15-10)7-2-1-3-20(17,18)6-7/h4-5,7H,1-3,6H2,(H,15,19). The van der Waals surface area contributed by atoms with Crippen LogP contribution in [0.3, 0.4) is 0 Å². The number of nitrogens with zero attached hydrogens (tertiary/aromatic N) is 1. The Balaban J connectivity index is 2.18. The van der Waals surface area contributed by atoms with Crippen molar-refractivity contribution in [1.82, 2.24) is 9.55 Å². The van der Waals surface area contributed by atoms with Gasteiger partial charge in [-0.2, -0.15) is 0 Å². The number of aromatic nitrogens is 2. The minimum atomic E-state index is -3.05. The van der Waals surface area contributed by atoms with Crippen molar-refractivity contribution in [3.05, 3.63) is 27.2 Å². The molecule has 108 valence electrons. The zero-order valence-corrected chi connectivity index (χ0v) is 13.6. The average Bonchev–Trinajstić information content (AvgIpc) is 2.64. The van der Waals surface area contributed by atoms with Gasteiger partial charge >= 0.3 is 0 Å². The number of sulfone groups is 1. The van der Waals surface area contributed by atoms with Crippen molar-refractivity contribution in [3.8, 4) is 0 Å². The van der Waals surface area contributed by atoms with E-state index in [1.54, 1.807) is 10.6 Å². The van der Waals surface area contributed by atoms with Crippen molar-refractivity contribution in [2.75, 3.05) is 11.5 Å². The fourth-order valence-electron chi connectivity index (χ4n) is 2.69. The molecule has 1 unspecified atom stereocenters. The molecule has 4 nitrogen and oxygen atoms in total. The molecule has 2 aromatic rings. The van der Waals surface area contributed by atoms with Gasteiger partial charge in [0.05, 0.1) is 33.1 Å². The number of hydrogen-bond donors (Lipinski definition) is 1. The number of nitrogens with one attached hydrogen (secondary N) is 1. The molecule has 1 saturated heterocycles. The predicted molar refractivity (Wildman–Crippen MR) is 81.7 cm³/mol. The topological polar surface area (TPSA) is 54.9 Å². The van der Waals surface area contributed by atoms with Crippen LogP contribution < -0.4 is 0 Å². The van der Waals surface area contributed by atoms with Gasteiger partial charge in [0, 0.05) is 6.07 Å². The fourth-order valence-corrected chi connectivity index (χ4v) is 5.06. The average molecular weight is 379 g/mol. The summed E-state index contributed by atoms with van der Waals surface area (Å²) in [5.41, 5.74) is 1.31. The van der Waals surface area contributed by atoms with E-state index in [0.717, 1.165) is 6.42 Å². The Morgan fingerprint density at radius 2 is 2.20 bits per heavy atom. The lowest BCUT2D eigenvalue weighted by molar-refractivity contribution is 0.475. The molecule has 1 fully saturated rings. The van der Waals surface area contributed by atoms with Crippen molar-refractivity contribution in [2.45, 2.75) is 18.9 Å². The molecule has 0 bridgehead atoms. The van der Waals surface area contributed by atoms with Gasteiger partial charge in [0.15, 0.2) is 14.6 Å². The first-order valence-electron chi connectivity index (χ1n) is 6.17. The summed E-state index contributed by atoms with van der Waals surface area (Å²) < 4.78 is 39.8. The van der Waals surface area contributed by atoms with Crippen molar-refractivity contribution < 1.29 is 12.8 Å². The maximum Gasteiger partial charge on any atom is 0.178 e. The number of hydrogen-bond acceptors (Lipinski definition) is 3. The minimum absolute atomic E-state index is 0.0615. The highest BCUT2D eigenvalue weighted by Crippen LogP contribution is 2.30. The number of H-pyrrole nitrogens is 1. The zero-order valence-electron chi connectivity index (χ0n) is 10.4. The molecule has 0 spiro atoms. The van der Waals surface area contributed by atoms with Crippen LogP contribution in [-0.2, 0) is 9.84 Å². The normalized spacial score (nSPS) is 22.2. The van der Waals surface area contributed by atoms with Gasteiger partial charge in [0.25, 0.3) is 0 Å². The molecule has 0 aliphatic carbocycles. The fraction of sp³-hybridized carbons (Fsp3) is 0.417. The lowest BCUT2D eigenvalue weighted by Gasteiger charge is -2.23. The number of imidazole rings is 1. The van der Waals surface area contributed by atoms with Crippen molar-refractivity contribution in [3.63, 3.8) is 0 Å². The zero-order chi connectivity index (χ0) is 14.5. The first kappa shape index (κ1) is 14.2. The van der Waals surface area contributed by atoms with Crippen LogP contribution in [0.2, 0.25) is 0 Å². The highest BCUT2D eigenvalue weighted by molar-refractivity contribution is 9.10. The van der Waals surface area contributed by atoms with Crippen molar-refractivity contribution in [2.24, 2.45) is 0 Å². The van der Waals surface area contributed by atoms with Crippen molar-refractivity contribution in [1.29, 1.82) is 0 Å². The Bertz CT molecular complexity index is 841. The maximum atomic E-state index is 13.7. The number of halogens is 2. The predicted octanol–water partition coefficient (Wildman–Crippen LogP) is 3.35. The second-order valence-corrected chi connectivity index (χ2v) is 8.46. The van der Waals surface area contributed by atoms with E-state index in [1.807, 2.05) is 0 Å². The van der Waals surface area contributed by atoms with E-state index in [4.69, 9.17) is 12.2 Å². The summed E-state index contributed by atoms with van der Waals surface area (Å²) in [6.07, 6.45) is 1.35. The highest BCUT2D eigenvalue weighted by atomic mass is 79.9. The number of fused-ring (bicyclic) bond motifs is 1. The van der Waals surface area contributed by atoms with Gasteiger partial charge in [-0.15, -0.1) is 0 Å². The van der Waals surface area contributed by atoms with Crippen LogP contribution in [0.1, 0.15) is 18.9 Å². The van der Waals surface area contributed by atoms with E-state index in [9.17, 15) is 12.8 Å². The Kier molecular flexibility index (Phi) is 3.50. The maximum absolute atomic E-state index is 13.7. The van der Waals surface area contributed by atoms with Gasteiger partial charge in [0.1, 0.15) is 5.82 Å². The molecule has 1 aliphatic rings. The second-order valence-electron chi connectivity index (χ2n) is 4.99. The molecular weight excluding hydrogens is 367 g/mol. The molecule has 0 radical (unpaired) electrons. The molecule has 1 aromatic heterocycles. The van der Waals surface area contributed by atoms with Gasteiger partial charge < -0.3 is 9.55 Å². The first-order valence-corrected chi connectivity index (χ1v) is 9.19. The van der Waals surface area contributed by atoms with Crippen LogP contribution in [0, 0.1) is 10.6 Å². The molecule has 1 aliphatic heterocycles. The summed E-state index contributed by atoms with van der Waals surface area (Å²) >= 11 is 8.40. The third-order valence-corrected chi connectivity index (χ3v) is 6.27. The molecule has 1 atom stereocenters. The molecule has 0 saturated carbocycles. The summed E-state index contributed by atoms with van der Waals surface area (Å²) in [5.74, 6) is -0.107. The van der Waals surface area contributed by atoms with E-state index in [1.165, 1.54) is 6.07 Å². The number of benzene rings is 1. The van der Waals surface area contributed by atoms with Gasteiger partial charge in [-0.1, -0.05) is 0 Å². The van der Waals surface area contributed by atoms with Crippen LogP contribution in [-0.4, -0.2) is 29.5 Å². The smallest absolute Gasteiger partial charge is 0.178 e. The molecule has 1 N–H and O–H groups in total. The monoisotopic (exact) mass is 378 g/mol. The molecular formula is C12H12BrFN2O2S2. The van der Waals surface area contributed by atoms with Crippen molar-refractivity contribution >= 4 is 49.0 Å². The van der Waals surface area contributed by atoms with Crippen LogP contribution in [0.25, 0.3) is 11.0 Å². The van der Waals surface area contributed by atoms with Gasteiger partial charge in [0.2, 0.25) is 0 Å². The molecule has 1 aromatic carbocycles. The lowest BCUT2D eigenvalue weighted by atomic mass is 10.2. The summed E-state index contributed by atoms with van der Waals surface area (Å²) in [5, 5.41) is 0. The van der Waals surface area contributed by atoms with E-state index >= 15 is 0 Å². The highest BCUT2D eigenvalue weighted by Gasteiger charge is 2.27. The van der Waals surface area contributed by atoms with E-state index in [2.05, 4.69) is 20.9 Å². The number of rotatable bonds is 1. The number of aromatic amines is 1. The summed E-state index contributed by atoms with van der Waals surface area (Å²) in [6.45, 7) is 0. The largest absolute Gasteiger partial charge is 0.331 e. The molecule has 8 heteroatoms. The van der Waals surface area contributed by atoms with Gasteiger partial charge in [-0.3, -0.25) is 0 Å². The summed E-state index contributed by atoms with van der Waals surface area (Å²) in [6, 6.07) is 2.77. The SMILES string of the molecule is O=S1(=O)CCCC(n2c(=S)[nH]c3cc(Br)c(F)cc32)C1. The van der Waals surface area contributed by atoms with Gasteiger partial charge in [-0.25, -0.2) is 12.8 Å². The second kappa shape index (κ2) is 4.92. The van der Waals surface area contributed by atoms with Crippen LogP contribution in [0.5, 0.6) is 0 Å². The third-order valence-electron chi connectivity index (χ3n) is 3.56. The van der Waals surface area contributed by atoms with Crippen LogP contribution in [0.4, 0.5) is 4.39 Å². The quantitative estimate of drug-likeness (QED) is 0.774. The first-order chi connectivity index (χ1) is 9.37. The summed E-state index contributed by atoms with van der Waals surface area (Å²) in [7, 11) is -3.05. The minimum Gasteiger partial charge on any atom is -0.331 e. The van der Waals surface area contributed by atoms with Crippen LogP contribution in [0.15, 0.2) is 16.6 Å². The molecule has 2 heterocycles. The lowest BCUT2D eigenvalue weighted by Crippen LogP contribution is -2.27. The van der Waals surface area contributed by atoms with E-state index < -0.39 is 9.84 Å². The van der Waals surface area contributed by atoms with E-state index in [-0.39, 0.29) is 23.4 Å². The Hall–Kier alpha value is -0.730.